The second kappa shape index (κ2) is 10.7. The van der Waals surface area contributed by atoms with Crippen LogP contribution in [0.3, 0.4) is 0 Å². The fourth-order valence-electron chi connectivity index (χ4n) is 3.44. The molecule has 1 atom stereocenters. The minimum Gasteiger partial charge on any atom is -0.348 e. The van der Waals surface area contributed by atoms with Crippen molar-refractivity contribution in [3.05, 3.63) is 94.5 Å². The van der Waals surface area contributed by atoms with Gasteiger partial charge in [0.25, 0.3) is 10.0 Å². The third-order valence-corrected chi connectivity index (χ3v) is 7.52. The molecule has 0 saturated carbocycles. The van der Waals surface area contributed by atoms with Gasteiger partial charge in [0.05, 0.1) is 27.2 Å². The molecule has 5 nitrogen and oxygen atoms in total. The lowest BCUT2D eigenvalue weighted by atomic mass is 10.1. The van der Waals surface area contributed by atoms with E-state index >= 15 is 0 Å². The van der Waals surface area contributed by atoms with Crippen molar-refractivity contribution in [3.8, 4) is 0 Å². The Kier molecular flexibility index (Phi) is 8.12. The number of benzene rings is 3. The number of nitrogens with one attached hydrogen (secondary N) is 1. The molecule has 3 aromatic rings. The molecule has 186 valence electrons. The van der Waals surface area contributed by atoms with Gasteiger partial charge in [-0.05, 0) is 54.8 Å². The van der Waals surface area contributed by atoms with Crippen LogP contribution in [0.1, 0.15) is 36.6 Å². The molecule has 10 heteroatoms. The molecule has 0 aliphatic rings. The lowest BCUT2D eigenvalue weighted by Crippen LogP contribution is -2.41. The van der Waals surface area contributed by atoms with Crippen molar-refractivity contribution in [3.63, 3.8) is 0 Å². The van der Waals surface area contributed by atoms with E-state index in [1.54, 1.807) is 13.0 Å². The topological polar surface area (TPSA) is 66.5 Å². The number of anilines is 1. The number of carbonyl (C=O) groups is 1. The first-order valence-electron chi connectivity index (χ1n) is 10.8. The zero-order valence-electron chi connectivity index (χ0n) is 19.0. The van der Waals surface area contributed by atoms with E-state index in [2.05, 4.69) is 5.32 Å². The Morgan fingerprint density at radius 2 is 1.66 bits per heavy atom. The molecule has 0 spiro atoms. The predicted octanol–water partition coefficient (Wildman–Crippen LogP) is 5.99. The van der Waals surface area contributed by atoms with Crippen LogP contribution in [0, 0.1) is 0 Å². The summed E-state index contributed by atoms with van der Waals surface area (Å²) in [4.78, 5) is 12.7. The lowest BCUT2D eigenvalue weighted by molar-refractivity contribution is -0.137. The molecule has 1 amide bonds. The summed E-state index contributed by atoms with van der Waals surface area (Å²) in [6, 6.07) is 16.6. The van der Waals surface area contributed by atoms with Crippen LogP contribution < -0.4 is 9.62 Å². The predicted molar refractivity (Wildman–Crippen MR) is 130 cm³/mol. The second-order valence-electron chi connectivity index (χ2n) is 7.87. The first kappa shape index (κ1) is 26.6. The van der Waals surface area contributed by atoms with Crippen molar-refractivity contribution in [1.29, 1.82) is 0 Å². The minimum absolute atomic E-state index is 0.190. The van der Waals surface area contributed by atoms with Gasteiger partial charge in [-0.15, -0.1) is 0 Å². The summed E-state index contributed by atoms with van der Waals surface area (Å²) < 4.78 is 67.5. The highest BCUT2D eigenvalue weighted by Gasteiger charge is 2.34. The Bertz CT molecular complexity index is 1280. The van der Waals surface area contributed by atoms with Gasteiger partial charge in [-0.2, -0.15) is 13.2 Å². The highest BCUT2D eigenvalue weighted by atomic mass is 35.5. The molecule has 0 unspecified atom stereocenters. The third kappa shape index (κ3) is 6.35. The fourth-order valence-corrected chi connectivity index (χ4v) is 5.16. The van der Waals surface area contributed by atoms with Crippen LogP contribution in [-0.2, 0) is 27.4 Å². The van der Waals surface area contributed by atoms with Crippen LogP contribution in [0.4, 0.5) is 18.9 Å². The third-order valence-electron chi connectivity index (χ3n) is 5.43. The second-order valence-corrected chi connectivity index (χ2v) is 10.1. The van der Waals surface area contributed by atoms with Gasteiger partial charge in [-0.3, -0.25) is 9.10 Å². The molecule has 0 bridgehead atoms. The summed E-state index contributed by atoms with van der Waals surface area (Å²) in [6.07, 6.45) is -3.88. The average Bonchev–Trinajstić information content (AvgIpc) is 2.82. The number of nitrogens with zero attached hydrogens (tertiary/aromatic N) is 1. The first-order valence-corrected chi connectivity index (χ1v) is 12.6. The van der Waals surface area contributed by atoms with E-state index in [-0.39, 0.29) is 9.92 Å². The van der Waals surface area contributed by atoms with Gasteiger partial charge in [0.2, 0.25) is 5.91 Å². The highest BCUT2D eigenvalue weighted by molar-refractivity contribution is 7.92. The van der Waals surface area contributed by atoms with Gasteiger partial charge >= 0.3 is 6.18 Å². The quantitative estimate of drug-likeness (QED) is 0.393. The number of aryl methyl sites for hydroxylation is 1. The maximum Gasteiger partial charge on any atom is 0.416 e. The Labute approximate surface area is 207 Å². The van der Waals surface area contributed by atoms with Crippen molar-refractivity contribution < 1.29 is 26.4 Å². The van der Waals surface area contributed by atoms with Gasteiger partial charge in [0.15, 0.2) is 0 Å². The molecule has 0 heterocycles. The molecule has 3 rings (SSSR count). The van der Waals surface area contributed by atoms with Gasteiger partial charge < -0.3 is 5.32 Å². The standard InChI is InChI=1S/C25H24ClF3N2O3S/c1-3-18-9-11-19(12-10-18)17(2)30-24(32)16-31(35(33,34)21-7-5-4-6-8-21)23-15-20(25(27,28)29)13-14-22(23)26/h4-15,17H,3,16H2,1-2H3,(H,30,32)/t17-/m1/s1. The van der Waals surface area contributed by atoms with Crippen LogP contribution >= 0.6 is 11.6 Å². The van der Waals surface area contributed by atoms with E-state index in [4.69, 9.17) is 11.6 Å². The number of amides is 1. The molecule has 0 fully saturated rings. The van der Waals surface area contributed by atoms with Crippen LogP contribution in [-0.4, -0.2) is 20.9 Å². The minimum atomic E-state index is -4.73. The fraction of sp³-hybridized carbons (Fsp3) is 0.240. The molecule has 0 saturated heterocycles. The van der Waals surface area contributed by atoms with E-state index in [0.29, 0.717) is 10.4 Å². The van der Waals surface area contributed by atoms with Gasteiger partial charge in [-0.25, -0.2) is 8.42 Å². The summed E-state index contributed by atoms with van der Waals surface area (Å²) >= 11 is 6.14. The van der Waals surface area contributed by atoms with E-state index in [0.717, 1.165) is 29.7 Å². The van der Waals surface area contributed by atoms with E-state index < -0.39 is 45.9 Å². The molecule has 0 aromatic heterocycles. The van der Waals surface area contributed by atoms with Crippen LogP contribution in [0.15, 0.2) is 77.7 Å². The van der Waals surface area contributed by atoms with Crippen LogP contribution in [0.25, 0.3) is 0 Å². The maximum atomic E-state index is 13.4. The number of hydrogen-bond donors (Lipinski definition) is 1. The number of sulfonamides is 1. The number of halogens is 4. The molecular formula is C25H24ClF3N2O3S. The molecule has 0 aliphatic heterocycles. The summed E-state index contributed by atoms with van der Waals surface area (Å²) in [6.45, 7) is 2.97. The summed E-state index contributed by atoms with van der Waals surface area (Å²) in [5.41, 5.74) is 0.382. The first-order chi connectivity index (χ1) is 16.4. The van der Waals surface area contributed by atoms with Crippen molar-refractivity contribution in [2.45, 2.75) is 37.4 Å². The summed E-state index contributed by atoms with van der Waals surface area (Å²) in [5, 5.41) is 2.47. The molecule has 0 radical (unpaired) electrons. The number of alkyl halides is 3. The zero-order valence-corrected chi connectivity index (χ0v) is 20.6. The van der Waals surface area contributed by atoms with Crippen molar-refractivity contribution in [1.82, 2.24) is 5.32 Å². The van der Waals surface area contributed by atoms with E-state index in [9.17, 15) is 26.4 Å². The molecule has 1 N–H and O–H groups in total. The monoisotopic (exact) mass is 524 g/mol. The largest absolute Gasteiger partial charge is 0.416 e. The maximum absolute atomic E-state index is 13.4. The van der Waals surface area contributed by atoms with E-state index in [1.807, 2.05) is 31.2 Å². The Hall–Kier alpha value is -3.04. The van der Waals surface area contributed by atoms with Crippen molar-refractivity contribution >= 4 is 33.2 Å². The smallest absolute Gasteiger partial charge is 0.348 e. The molecule has 3 aromatic carbocycles. The van der Waals surface area contributed by atoms with Gasteiger partial charge in [0.1, 0.15) is 6.54 Å². The average molecular weight is 525 g/mol. The molecule has 0 aliphatic carbocycles. The van der Waals surface area contributed by atoms with E-state index in [1.165, 1.54) is 24.3 Å². The molecular weight excluding hydrogens is 501 g/mol. The van der Waals surface area contributed by atoms with Crippen molar-refractivity contribution in [2.75, 3.05) is 10.8 Å². The highest BCUT2D eigenvalue weighted by Crippen LogP contribution is 2.37. The number of hydrogen-bond acceptors (Lipinski definition) is 3. The normalized spacial score (nSPS) is 12.7. The van der Waals surface area contributed by atoms with Gasteiger partial charge in [0, 0.05) is 0 Å². The SMILES string of the molecule is CCc1ccc([C@@H](C)NC(=O)CN(c2cc(C(F)(F)F)ccc2Cl)S(=O)(=O)c2ccccc2)cc1. The Morgan fingerprint density at radius 1 is 1.03 bits per heavy atom. The number of rotatable bonds is 8. The summed E-state index contributed by atoms with van der Waals surface area (Å²) in [5.74, 6) is -0.704. The lowest BCUT2D eigenvalue weighted by Gasteiger charge is -2.26. The Balaban J connectivity index is 1.97. The molecule has 35 heavy (non-hydrogen) atoms. The number of carbonyl (C=O) groups excluding carboxylic acids is 1. The summed E-state index contributed by atoms with van der Waals surface area (Å²) in [7, 11) is -4.42. The Morgan fingerprint density at radius 3 is 2.23 bits per heavy atom. The van der Waals surface area contributed by atoms with Gasteiger partial charge in [-0.1, -0.05) is 61.0 Å². The van der Waals surface area contributed by atoms with Crippen LogP contribution in [0.5, 0.6) is 0 Å². The van der Waals surface area contributed by atoms with Crippen LogP contribution in [0.2, 0.25) is 5.02 Å². The zero-order chi connectivity index (χ0) is 25.8. The van der Waals surface area contributed by atoms with Crippen molar-refractivity contribution in [2.24, 2.45) is 0 Å².